The van der Waals surface area contributed by atoms with Crippen LogP contribution in [0.2, 0.25) is 0 Å². The zero-order valence-electron chi connectivity index (χ0n) is 10.3. The van der Waals surface area contributed by atoms with Crippen molar-refractivity contribution in [1.29, 1.82) is 0 Å². The molecule has 2 heteroatoms. The zero-order valence-corrected chi connectivity index (χ0v) is 10.3. The van der Waals surface area contributed by atoms with Crippen molar-refractivity contribution >= 4 is 0 Å². The summed E-state index contributed by atoms with van der Waals surface area (Å²) < 4.78 is 5.40. The lowest BCUT2D eigenvalue weighted by atomic mass is 9.87. The van der Waals surface area contributed by atoms with Crippen LogP contribution in [0.4, 0.5) is 0 Å². The molecule has 0 N–H and O–H groups in total. The Bertz CT molecular complexity index is 171. The van der Waals surface area contributed by atoms with Gasteiger partial charge in [0.2, 0.25) is 0 Å². The summed E-state index contributed by atoms with van der Waals surface area (Å²) in [6, 6.07) is 0.709. The highest BCUT2D eigenvalue weighted by Crippen LogP contribution is 2.27. The van der Waals surface area contributed by atoms with Crippen molar-refractivity contribution in [3.8, 4) is 0 Å². The van der Waals surface area contributed by atoms with Gasteiger partial charge in [0, 0.05) is 24.8 Å². The predicted octanol–water partition coefficient (Wildman–Crippen LogP) is 2.53. The van der Waals surface area contributed by atoms with Crippen molar-refractivity contribution in [3.63, 3.8) is 0 Å². The van der Waals surface area contributed by atoms with E-state index in [1.807, 2.05) is 0 Å². The summed E-state index contributed by atoms with van der Waals surface area (Å²) in [6.45, 7) is 11.2. The maximum absolute atomic E-state index is 5.40. The molecule has 1 rings (SSSR count). The van der Waals surface area contributed by atoms with Crippen LogP contribution < -0.4 is 0 Å². The molecule has 2 nitrogen and oxygen atoms in total. The van der Waals surface area contributed by atoms with E-state index >= 15 is 0 Å². The van der Waals surface area contributed by atoms with Crippen LogP contribution in [-0.2, 0) is 4.74 Å². The Morgan fingerprint density at radius 2 is 1.71 bits per heavy atom. The topological polar surface area (TPSA) is 12.5 Å². The summed E-state index contributed by atoms with van der Waals surface area (Å²) in [6.07, 6.45) is 2.37. The number of rotatable bonds is 3. The largest absolute Gasteiger partial charge is 0.381 e. The van der Waals surface area contributed by atoms with E-state index in [9.17, 15) is 0 Å². The lowest BCUT2D eigenvalue weighted by molar-refractivity contribution is -0.00812. The Morgan fingerprint density at radius 3 is 2.14 bits per heavy atom. The zero-order chi connectivity index (χ0) is 10.8. The van der Waals surface area contributed by atoms with Gasteiger partial charge in [0.15, 0.2) is 0 Å². The van der Waals surface area contributed by atoms with Crippen LogP contribution in [0.3, 0.4) is 0 Å². The van der Waals surface area contributed by atoms with Crippen molar-refractivity contribution < 1.29 is 4.74 Å². The molecule has 0 aromatic carbocycles. The van der Waals surface area contributed by atoms with Gasteiger partial charge < -0.3 is 4.74 Å². The van der Waals surface area contributed by atoms with Crippen LogP contribution >= 0.6 is 0 Å². The number of nitrogens with zero attached hydrogens (tertiary/aromatic N) is 1. The third-order valence-electron chi connectivity index (χ3n) is 4.06. The average Bonchev–Trinajstić information content (AvgIpc) is 2.17. The molecular weight excluding hydrogens is 174 g/mol. The van der Waals surface area contributed by atoms with E-state index < -0.39 is 0 Å². The smallest absolute Gasteiger partial charge is 0.0480 e. The summed E-state index contributed by atoms with van der Waals surface area (Å²) in [7, 11) is 2.26. The lowest BCUT2D eigenvalue weighted by Gasteiger charge is -2.45. The maximum atomic E-state index is 5.40. The first-order valence-electron chi connectivity index (χ1n) is 5.77. The van der Waals surface area contributed by atoms with E-state index in [2.05, 4.69) is 39.6 Å². The summed E-state index contributed by atoms with van der Waals surface area (Å²) in [5.74, 6) is 0.690. The Morgan fingerprint density at radius 1 is 1.21 bits per heavy atom. The minimum Gasteiger partial charge on any atom is -0.381 e. The average molecular weight is 199 g/mol. The van der Waals surface area contributed by atoms with E-state index in [4.69, 9.17) is 4.74 Å². The molecule has 0 radical (unpaired) electrons. The van der Waals surface area contributed by atoms with E-state index in [0.29, 0.717) is 17.5 Å². The number of ether oxygens (including phenoxy) is 1. The van der Waals surface area contributed by atoms with Gasteiger partial charge in [-0.1, -0.05) is 13.8 Å². The van der Waals surface area contributed by atoms with Crippen molar-refractivity contribution in [2.45, 2.75) is 52.1 Å². The molecule has 84 valence electrons. The second-order valence-electron chi connectivity index (χ2n) is 5.26. The lowest BCUT2D eigenvalue weighted by Crippen LogP contribution is -2.52. The third kappa shape index (κ3) is 2.48. The molecule has 1 aliphatic rings. The number of hydrogen-bond acceptors (Lipinski definition) is 2. The highest BCUT2D eigenvalue weighted by molar-refractivity contribution is 4.87. The molecule has 0 amide bonds. The highest BCUT2D eigenvalue weighted by Gasteiger charge is 2.32. The van der Waals surface area contributed by atoms with Gasteiger partial charge in [-0.25, -0.2) is 0 Å². The molecule has 1 aliphatic heterocycles. The molecule has 1 saturated heterocycles. The van der Waals surface area contributed by atoms with Gasteiger partial charge in [0.1, 0.15) is 0 Å². The fourth-order valence-corrected chi connectivity index (χ4v) is 1.95. The number of hydrogen-bond donors (Lipinski definition) is 0. The summed E-state index contributed by atoms with van der Waals surface area (Å²) in [4.78, 5) is 2.54. The second-order valence-corrected chi connectivity index (χ2v) is 5.26. The van der Waals surface area contributed by atoms with E-state index in [-0.39, 0.29) is 0 Å². The van der Waals surface area contributed by atoms with Crippen LogP contribution in [0, 0.1) is 5.92 Å². The molecule has 14 heavy (non-hydrogen) atoms. The van der Waals surface area contributed by atoms with Crippen molar-refractivity contribution in [2.75, 3.05) is 20.3 Å². The van der Waals surface area contributed by atoms with Crippen LogP contribution in [0.1, 0.15) is 40.5 Å². The van der Waals surface area contributed by atoms with E-state index in [1.165, 1.54) is 12.8 Å². The fraction of sp³-hybridized carbons (Fsp3) is 1.00. The molecule has 0 saturated carbocycles. The summed E-state index contributed by atoms with van der Waals surface area (Å²) in [5.41, 5.74) is 0.294. The molecule has 0 bridgehead atoms. The SMILES string of the molecule is CC(C)C(C)(C)N(C)C1CCOCC1. The Labute approximate surface area is 88.6 Å². The third-order valence-corrected chi connectivity index (χ3v) is 4.06. The van der Waals surface area contributed by atoms with E-state index in [1.54, 1.807) is 0 Å². The molecular formula is C12H25NO. The molecule has 0 aromatic rings. The minimum absolute atomic E-state index is 0.294. The highest BCUT2D eigenvalue weighted by atomic mass is 16.5. The van der Waals surface area contributed by atoms with Crippen LogP contribution in [0.5, 0.6) is 0 Å². The van der Waals surface area contributed by atoms with Crippen LogP contribution in [0.15, 0.2) is 0 Å². The van der Waals surface area contributed by atoms with Gasteiger partial charge in [0.25, 0.3) is 0 Å². The van der Waals surface area contributed by atoms with Gasteiger partial charge in [-0.2, -0.15) is 0 Å². The van der Waals surface area contributed by atoms with Crippen molar-refractivity contribution in [2.24, 2.45) is 5.92 Å². The quantitative estimate of drug-likeness (QED) is 0.692. The standard InChI is InChI=1S/C12H25NO/c1-10(2)12(3,4)13(5)11-6-8-14-9-7-11/h10-11H,6-9H2,1-5H3. The molecule has 0 unspecified atom stereocenters. The Kier molecular flexibility index (Phi) is 3.96. The minimum atomic E-state index is 0.294. The Balaban J connectivity index is 2.57. The normalized spacial score (nSPS) is 20.8. The van der Waals surface area contributed by atoms with Gasteiger partial charge in [-0.15, -0.1) is 0 Å². The predicted molar refractivity (Wildman–Crippen MR) is 60.5 cm³/mol. The summed E-state index contributed by atoms with van der Waals surface area (Å²) >= 11 is 0. The van der Waals surface area contributed by atoms with Gasteiger partial charge in [0.05, 0.1) is 0 Å². The molecule has 1 heterocycles. The van der Waals surface area contributed by atoms with Gasteiger partial charge in [-0.05, 0) is 39.7 Å². The van der Waals surface area contributed by atoms with Crippen molar-refractivity contribution in [3.05, 3.63) is 0 Å². The Hall–Kier alpha value is -0.0800. The fourth-order valence-electron chi connectivity index (χ4n) is 1.95. The molecule has 0 aliphatic carbocycles. The van der Waals surface area contributed by atoms with E-state index in [0.717, 1.165) is 13.2 Å². The monoisotopic (exact) mass is 199 g/mol. The molecule has 1 fully saturated rings. The first-order chi connectivity index (χ1) is 6.46. The van der Waals surface area contributed by atoms with Crippen LogP contribution in [-0.4, -0.2) is 36.7 Å². The van der Waals surface area contributed by atoms with Crippen LogP contribution in [0.25, 0.3) is 0 Å². The summed E-state index contributed by atoms with van der Waals surface area (Å²) in [5, 5.41) is 0. The van der Waals surface area contributed by atoms with Gasteiger partial charge in [-0.3, -0.25) is 4.90 Å². The second kappa shape index (κ2) is 4.63. The molecule has 0 atom stereocenters. The first kappa shape index (κ1) is 12.0. The van der Waals surface area contributed by atoms with Crippen molar-refractivity contribution in [1.82, 2.24) is 4.90 Å². The van der Waals surface area contributed by atoms with Gasteiger partial charge >= 0.3 is 0 Å². The maximum Gasteiger partial charge on any atom is 0.0480 e. The molecule has 0 spiro atoms. The molecule has 0 aromatic heterocycles. The first-order valence-corrected chi connectivity index (χ1v) is 5.77.